The first-order valence-corrected chi connectivity index (χ1v) is 6.25. The highest BCUT2D eigenvalue weighted by Crippen LogP contribution is 2.27. The Morgan fingerprint density at radius 1 is 1.21 bits per heavy atom. The summed E-state index contributed by atoms with van der Waals surface area (Å²) in [6, 6.07) is 8.69. The summed E-state index contributed by atoms with van der Waals surface area (Å²) in [7, 11) is 1.43. The number of nitrogen functional groups attached to an aromatic ring is 1. The van der Waals surface area contributed by atoms with E-state index in [1.165, 1.54) is 25.3 Å². The highest BCUT2D eigenvalue weighted by Gasteiger charge is 2.18. The van der Waals surface area contributed by atoms with Crippen LogP contribution in [0.2, 0.25) is 0 Å². The third kappa shape index (κ3) is 2.76. The molecule has 19 heavy (non-hydrogen) atoms. The van der Waals surface area contributed by atoms with Gasteiger partial charge in [-0.2, -0.15) is 0 Å². The molecule has 0 bridgehead atoms. The van der Waals surface area contributed by atoms with Crippen LogP contribution < -0.4 is 10.5 Å². The molecule has 0 atom stereocenters. The third-order valence-electron chi connectivity index (χ3n) is 2.64. The summed E-state index contributed by atoms with van der Waals surface area (Å²) >= 11 is 3.28. The van der Waals surface area contributed by atoms with Gasteiger partial charge in [0.25, 0.3) is 0 Å². The summed E-state index contributed by atoms with van der Waals surface area (Å²) in [5.41, 5.74) is 6.65. The molecule has 3 nitrogen and oxygen atoms in total. The second-order valence-corrected chi connectivity index (χ2v) is 4.77. The Hall–Kier alpha value is -1.88. The molecule has 0 fully saturated rings. The summed E-state index contributed by atoms with van der Waals surface area (Å²) in [6.45, 7) is 0. The standard InChI is InChI=1S/C14H11BrFNO2/c1-19-13-5-2-8(16)6-11(13)14(18)10-7-9(17)3-4-12(10)15/h2-7H,17H2,1H3. The summed E-state index contributed by atoms with van der Waals surface area (Å²) in [6.07, 6.45) is 0. The van der Waals surface area contributed by atoms with Gasteiger partial charge in [-0.3, -0.25) is 4.79 Å². The van der Waals surface area contributed by atoms with Gasteiger partial charge in [0.1, 0.15) is 11.6 Å². The monoisotopic (exact) mass is 323 g/mol. The number of hydrogen-bond acceptors (Lipinski definition) is 3. The molecule has 0 saturated heterocycles. The minimum absolute atomic E-state index is 0.161. The highest BCUT2D eigenvalue weighted by atomic mass is 79.9. The average Bonchev–Trinajstić information content (AvgIpc) is 2.40. The lowest BCUT2D eigenvalue weighted by molar-refractivity contribution is 0.103. The molecule has 0 amide bonds. The van der Waals surface area contributed by atoms with Crippen LogP contribution in [0.4, 0.5) is 10.1 Å². The molecule has 0 aromatic heterocycles. The van der Waals surface area contributed by atoms with E-state index in [4.69, 9.17) is 10.5 Å². The van der Waals surface area contributed by atoms with E-state index in [0.717, 1.165) is 6.07 Å². The Balaban J connectivity index is 2.55. The molecule has 2 rings (SSSR count). The molecule has 2 aromatic carbocycles. The van der Waals surface area contributed by atoms with Crippen molar-refractivity contribution in [2.24, 2.45) is 0 Å². The van der Waals surface area contributed by atoms with Gasteiger partial charge >= 0.3 is 0 Å². The predicted octanol–water partition coefficient (Wildman–Crippen LogP) is 3.41. The lowest BCUT2D eigenvalue weighted by Gasteiger charge is -2.09. The average molecular weight is 324 g/mol. The number of halogens is 2. The summed E-state index contributed by atoms with van der Waals surface area (Å²) in [5, 5.41) is 0. The van der Waals surface area contributed by atoms with E-state index < -0.39 is 5.82 Å². The largest absolute Gasteiger partial charge is 0.496 e. The molecule has 5 heteroatoms. The fourth-order valence-electron chi connectivity index (χ4n) is 1.72. The molecule has 0 aliphatic heterocycles. The van der Waals surface area contributed by atoms with Crippen LogP contribution in [0.25, 0.3) is 0 Å². The van der Waals surface area contributed by atoms with E-state index in [-0.39, 0.29) is 11.3 Å². The van der Waals surface area contributed by atoms with Crippen LogP contribution in [-0.4, -0.2) is 12.9 Å². The quantitative estimate of drug-likeness (QED) is 0.695. The number of benzene rings is 2. The van der Waals surface area contributed by atoms with Crippen molar-refractivity contribution < 1.29 is 13.9 Å². The SMILES string of the molecule is COc1ccc(F)cc1C(=O)c1cc(N)ccc1Br. The van der Waals surface area contributed by atoms with Crippen molar-refractivity contribution >= 4 is 27.4 Å². The van der Waals surface area contributed by atoms with Gasteiger partial charge < -0.3 is 10.5 Å². The Morgan fingerprint density at radius 3 is 2.63 bits per heavy atom. The van der Waals surface area contributed by atoms with Gasteiger partial charge in [0.05, 0.1) is 12.7 Å². The second kappa shape index (κ2) is 5.40. The van der Waals surface area contributed by atoms with E-state index in [1.807, 2.05) is 0 Å². The van der Waals surface area contributed by atoms with Crippen molar-refractivity contribution in [3.8, 4) is 5.75 Å². The van der Waals surface area contributed by atoms with Crippen molar-refractivity contribution in [1.29, 1.82) is 0 Å². The van der Waals surface area contributed by atoms with Crippen LogP contribution in [0.3, 0.4) is 0 Å². The number of anilines is 1. The van der Waals surface area contributed by atoms with Crippen molar-refractivity contribution in [3.63, 3.8) is 0 Å². The first-order chi connectivity index (χ1) is 9.02. The number of ketones is 1. The Labute approximate surface area is 118 Å². The molecule has 0 spiro atoms. The van der Waals surface area contributed by atoms with Crippen molar-refractivity contribution in [1.82, 2.24) is 0 Å². The minimum Gasteiger partial charge on any atom is -0.496 e. The molecule has 2 aromatic rings. The maximum absolute atomic E-state index is 13.3. The molecule has 0 unspecified atom stereocenters. The maximum atomic E-state index is 13.3. The van der Waals surface area contributed by atoms with Crippen molar-refractivity contribution in [2.45, 2.75) is 0 Å². The smallest absolute Gasteiger partial charge is 0.198 e. The Bertz CT molecular complexity index is 643. The zero-order valence-corrected chi connectivity index (χ0v) is 11.7. The van der Waals surface area contributed by atoms with Crippen molar-refractivity contribution in [3.05, 3.63) is 57.8 Å². The van der Waals surface area contributed by atoms with Crippen molar-refractivity contribution in [2.75, 3.05) is 12.8 Å². The van der Waals surface area contributed by atoms with E-state index in [0.29, 0.717) is 21.5 Å². The topological polar surface area (TPSA) is 52.3 Å². The summed E-state index contributed by atoms with van der Waals surface area (Å²) in [4.78, 5) is 12.4. The Kier molecular flexibility index (Phi) is 3.85. The van der Waals surface area contributed by atoms with E-state index in [9.17, 15) is 9.18 Å². The normalized spacial score (nSPS) is 10.3. The van der Waals surface area contributed by atoms with Crippen LogP contribution in [0.1, 0.15) is 15.9 Å². The zero-order chi connectivity index (χ0) is 14.0. The number of carbonyl (C=O) groups is 1. The van der Waals surface area contributed by atoms with Gasteiger partial charge in [0.15, 0.2) is 5.78 Å². The lowest BCUT2D eigenvalue weighted by atomic mass is 10.0. The highest BCUT2D eigenvalue weighted by molar-refractivity contribution is 9.10. The zero-order valence-electron chi connectivity index (χ0n) is 10.1. The molecule has 0 aliphatic carbocycles. The summed E-state index contributed by atoms with van der Waals surface area (Å²) in [5.74, 6) is -0.527. The van der Waals surface area contributed by atoms with Crippen LogP contribution in [0, 0.1) is 5.82 Å². The molecule has 0 aliphatic rings. The molecular formula is C14H11BrFNO2. The molecule has 0 radical (unpaired) electrons. The van der Waals surface area contributed by atoms with Crippen LogP contribution >= 0.6 is 15.9 Å². The lowest BCUT2D eigenvalue weighted by Crippen LogP contribution is -2.06. The molecule has 0 saturated carbocycles. The van der Waals surface area contributed by atoms with E-state index in [2.05, 4.69) is 15.9 Å². The first kappa shape index (κ1) is 13.5. The van der Waals surface area contributed by atoms with E-state index >= 15 is 0 Å². The van der Waals surface area contributed by atoms with Gasteiger partial charge in [0.2, 0.25) is 0 Å². The molecule has 98 valence electrons. The Morgan fingerprint density at radius 2 is 1.95 bits per heavy atom. The first-order valence-electron chi connectivity index (χ1n) is 5.46. The summed E-state index contributed by atoms with van der Waals surface area (Å²) < 4.78 is 19.0. The number of carbonyl (C=O) groups excluding carboxylic acids is 1. The van der Waals surface area contributed by atoms with Crippen LogP contribution in [-0.2, 0) is 0 Å². The molecule has 0 heterocycles. The third-order valence-corrected chi connectivity index (χ3v) is 3.33. The minimum atomic E-state index is -0.496. The number of hydrogen-bond donors (Lipinski definition) is 1. The number of nitrogens with two attached hydrogens (primary N) is 1. The van der Waals surface area contributed by atoms with Gasteiger partial charge in [-0.05, 0) is 36.4 Å². The number of rotatable bonds is 3. The number of methoxy groups -OCH3 is 1. The molecular weight excluding hydrogens is 313 g/mol. The van der Waals surface area contributed by atoms with Gasteiger partial charge in [-0.25, -0.2) is 4.39 Å². The molecule has 2 N–H and O–H groups in total. The maximum Gasteiger partial charge on any atom is 0.198 e. The van der Waals surface area contributed by atoms with E-state index in [1.54, 1.807) is 12.1 Å². The number of ether oxygens (including phenoxy) is 1. The second-order valence-electron chi connectivity index (χ2n) is 3.91. The fraction of sp³-hybridized carbons (Fsp3) is 0.0714. The van der Waals surface area contributed by atoms with Crippen LogP contribution in [0.5, 0.6) is 5.75 Å². The fourth-order valence-corrected chi connectivity index (χ4v) is 2.15. The van der Waals surface area contributed by atoms with Crippen LogP contribution in [0.15, 0.2) is 40.9 Å². The van der Waals surface area contributed by atoms with Gasteiger partial charge in [-0.15, -0.1) is 0 Å². The van der Waals surface area contributed by atoms with Gasteiger partial charge in [-0.1, -0.05) is 15.9 Å². The van der Waals surface area contributed by atoms with Gasteiger partial charge in [0, 0.05) is 15.7 Å². The predicted molar refractivity (Wildman–Crippen MR) is 74.9 cm³/mol.